The van der Waals surface area contributed by atoms with Crippen molar-refractivity contribution in [2.75, 3.05) is 43.8 Å². The maximum absolute atomic E-state index is 13.9. The van der Waals surface area contributed by atoms with Crippen molar-refractivity contribution in [3.63, 3.8) is 0 Å². The van der Waals surface area contributed by atoms with E-state index in [-0.39, 0.29) is 30.3 Å². The molecule has 8 aromatic rings. The monoisotopic (exact) mass is 880 g/mol. The predicted octanol–water partition coefficient (Wildman–Crippen LogP) is 8.48. The summed E-state index contributed by atoms with van der Waals surface area (Å²) in [5, 5.41) is 14.7. The number of fused-ring (bicyclic) bond motifs is 2. The van der Waals surface area contributed by atoms with Crippen LogP contribution in [0.1, 0.15) is 44.2 Å². The summed E-state index contributed by atoms with van der Waals surface area (Å²) in [6.45, 7) is 6.83. The van der Waals surface area contributed by atoms with Gasteiger partial charge in [-0.25, -0.2) is 29.3 Å². The Hall–Kier alpha value is -7.98. The van der Waals surface area contributed by atoms with Crippen LogP contribution in [0.3, 0.4) is 0 Å². The van der Waals surface area contributed by atoms with Crippen LogP contribution in [0.15, 0.2) is 135 Å². The third-order valence-electron chi connectivity index (χ3n) is 12.2. The fourth-order valence-corrected chi connectivity index (χ4v) is 8.96. The van der Waals surface area contributed by atoms with Crippen LogP contribution >= 0.6 is 0 Å². The third-order valence-corrected chi connectivity index (χ3v) is 12.2. The first-order chi connectivity index (χ1) is 32.4. The minimum Gasteiger partial charge on any atom is -0.457 e. The van der Waals surface area contributed by atoms with Gasteiger partial charge in [0.05, 0.1) is 22.9 Å². The molecule has 3 N–H and O–H groups in total. The average molecular weight is 881 g/mol. The van der Waals surface area contributed by atoms with Gasteiger partial charge in [0.1, 0.15) is 58.7 Å². The Labute approximate surface area is 380 Å². The molecule has 2 fully saturated rings. The lowest BCUT2D eigenvalue weighted by Gasteiger charge is -2.32. The topological polar surface area (TPSA) is 184 Å². The van der Waals surface area contributed by atoms with Crippen molar-refractivity contribution in [2.24, 2.45) is 0 Å². The number of hydrogen-bond donors (Lipinski definition) is 2. The highest BCUT2D eigenvalue weighted by atomic mass is 16.5. The second-order valence-electron chi connectivity index (χ2n) is 16.5. The maximum Gasteiger partial charge on any atom is 0.246 e. The quantitative estimate of drug-likeness (QED) is 0.106. The summed E-state index contributed by atoms with van der Waals surface area (Å²) in [6, 6.07) is 34.5. The highest BCUT2D eigenvalue weighted by Crippen LogP contribution is 2.38. The van der Waals surface area contributed by atoms with Crippen LogP contribution in [0.25, 0.3) is 44.6 Å². The Kier molecular flexibility index (Phi) is 11.9. The van der Waals surface area contributed by atoms with E-state index >= 15 is 0 Å². The maximum atomic E-state index is 13.9. The van der Waals surface area contributed by atoms with Gasteiger partial charge in [-0.05, 0) is 111 Å². The van der Waals surface area contributed by atoms with Crippen molar-refractivity contribution in [1.82, 2.24) is 49.3 Å². The first kappa shape index (κ1) is 42.0. The van der Waals surface area contributed by atoms with E-state index in [1.165, 1.54) is 18.7 Å². The molecule has 332 valence electrons. The number of benzene rings is 4. The summed E-state index contributed by atoms with van der Waals surface area (Å²) >= 11 is 0. The number of nitrogens with one attached hydrogen (secondary N) is 1. The van der Waals surface area contributed by atoms with Crippen molar-refractivity contribution >= 4 is 45.5 Å². The van der Waals surface area contributed by atoms with E-state index in [1.807, 2.05) is 119 Å². The van der Waals surface area contributed by atoms with E-state index in [4.69, 9.17) is 30.4 Å². The van der Waals surface area contributed by atoms with E-state index in [0.29, 0.717) is 82.8 Å². The van der Waals surface area contributed by atoms with Gasteiger partial charge < -0.3 is 30.3 Å². The lowest BCUT2D eigenvalue weighted by molar-refractivity contribution is -0.127. The van der Waals surface area contributed by atoms with Crippen molar-refractivity contribution in [3.8, 4) is 45.5 Å². The summed E-state index contributed by atoms with van der Waals surface area (Å²) in [5.74, 6) is 3.28. The first-order valence-electron chi connectivity index (χ1n) is 22.2. The van der Waals surface area contributed by atoms with Gasteiger partial charge in [-0.1, -0.05) is 43.0 Å². The van der Waals surface area contributed by atoms with E-state index in [1.54, 1.807) is 4.90 Å². The Morgan fingerprint density at radius 3 is 1.80 bits per heavy atom. The summed E-state index contributed by atoms with van der Waals surface area (Å²) in [7, 11) is 0. The summed E-state index contributed by atoms with van der Waals surface area (Å²) in [4.78, 5) is 49.0. The lowest BCUT2D eigenvalue weighted by Crippen LogP contribution is -2.40. The van der Waals surface area contributed by atoms with Gasteiger partial charge in [0, 0.05) is 43.7 Å². The lowest BCUT2D eigenvalue weighted by atomic mass is 10.1. The molecule has 2 aliphatic rings. The summed E-state index contributed by atoms with van der Waals surface area (Å²) in [5.41, 5.74) is 10.7. The Morgan fingerprint density at radius 1 is 0.667 bits per heavy atom. The standard InChI is InChI=1S/C50H48N12O4/c1-2-42(64)60-27-10-12-36(30-60)62-50-44(46(58-62)34-19-23-40(24-20-34)66-38-15-7-4-8-16-38)48(53-32-55-50)56-41(63)25-28-59-26-9-11-35(29-59)61-49-43(47(51)52-31-54-49)45(57-61)33-17-21-39(22-18-33)65-37-13-5-3-6-14-37/h2-8,13-24,31-32,35-36H,1,9-12,25-30H2,(H2,51,52,54)(H,53,55,56,63)/t35-,36-/m1/s1. The highest BCUT2D eigenvalue weighted by Gasteiger charge is 2.30. The molecule has 2 atom stereocenters. The fourth-order valence-electron chi connectivity index (χ4n) is 8.96. The molecule has 10 rings (SSSR count). The number of hydrogen-bond acceptors (Lipinski definition) is 12. The normalized spacial score (nSPS) is 16.6. The van der Waals surface area contributed by atoms with Crippen LogP contribution in [0.4, 0.5) is 11.6 Å². The zero-order chi connectivity index (χ0) is 45.0. The molecule has 6 heterocycles. The Balaban J connectivity index is 0.870. The number of anilines is 2. The van der Waals surface area contributed by atoms with Crippen LogP contribution in [0.2, 0.25) is 0 Å². The van der Waals surface area contributed by atoms with Crippen molar-refractivity contribution in [1.29, 1.82) is 0 Å². The Morgan fingerprint density at radius 2 is 1.20 bits per heavy atom. The molecule has 2 saturated heterocycles. The number of piperidine rings is 2. The van der Waals surface area contributed by atoms with Gasteiger partial charge in [0.2, 0.25) is 11.8 Å². The van der Waals surface area contributed by atoms with E-state index in [9.17, 15) is 9.59 Å². The summed E-state index contributed by atoms with van der Waals surface area (Å²) < 4.78 is 16.0. The number of nitrogens with two attached hydrogens (primary N) is 1. The van der Waals surface area contributed by atoms with Crippen LogP contribution in [0.5, 0.6) is 23.0 Å². The molecule has 4 aromatic carbocycles. The number of rotatable bonds is 13. The molecule has 0 spiro atoms. The highest BCUT2D eigenvalue weighted by molar-refractivity contribution is 6.04. The van der Waals surface area contributed by atoms with Crippen molar-refractivity contribution < 1.29 is 19.1 Å². The van der Waals surface area contributed by atoms with Crippen molar-refractivity contribution in [2.45, 2.75) is 44.2 Å². The molecule has 16 heteroatoms. The minimum absolute atomic E-state index is 0.00935. The van der Waals surface area contributed by atoms with Gasteiger partial charge in [-0.3, -0.25) is 9.59 Å². The SMILES string of the molecule is C=CC(=O)N1CCC[C@@H](n2nc(-c3ccc(Oc4ccccc4)cc3)c3c(NC(=O)CCN4CCC[C@@H](n5nc(-c6ccc(Oc7ccccc7)cc6)c6c(N)ncnc65)C4)ncnc32)C1. The number of aromatic nitrogens is 8. The molecule has 2 amide bonds. The second-order valence-corrected chi connectivity index (χ2v) is 16.5. The van der Waals surface area contributed by atoms with Crippen molar-refractivity contribution in [3.05, 3.63) is 135 Å². The van der Waals surface area contributed by atoms with Gasteiger partial charge in [-0.2, -0.15) is 10.2 Å². The zero-order valence-electron chi connectivity index (χ0n) is 36.2. The first-order valence-corrected chi connectivity index (χ1v) is 22.2. The molecule has 0 radical (unpaired) electrons. The smallest absolute Gasteiger partial charge is 0.246 e. The molecule has 2 aliphatic heterocycles. The second kappa shape index (κ2) is 18.6. The molecule has 0 unspecified atom stereocenters. The molecule has 0 bridgehead atoms. The number of nitrogen functional groups attached to an aromatic ring is 1. The van der Waals surface area contributed by atoms with Crippen LogP contribution in [-0.4, -0.2) is 93.8 Å². The van der Waals surface area contributed by atoms with Gasteiger partial charge >= 0.3 is 0 Å². The zero-order valence-corrected chi connectivity index (χ0v) is 36.2. The van der Waals surface area contributed by atoms with Gasteiger partial charge in [0.25, 0.3) is 0 Å². The van der Waals surface area contributed by atoms with E-state index in [0.717, 1.165) is 54.9 Å². The molecule has 4 aromatic heterocycles. The van der Waals surface area contributed by atoms with Crippen LogP contribution in [0, 0.1) is 0 Å². The average Bonchev–Trinajstić information content (AvgIpc) is 3.96. The minimum atomic E-state index is -0.185. The van der Waals surface area contributed by atoms with E-state index in [2.05, 4.69) is 31.7 Å². The molecule has 0 saturated carbocycles. The van der Waals surface area contributed by atoms with Crippen LogP contribution in [-0.2, 0) is 9.59 Å². The number of ether oxygens (including phenoxy) is 2. The number of amides is 2. The molecule has 0 aliphatic carbocycles. The molecule has 16 nitrogen and oxygen atoms in total. The van der Waals surface area contributed by atoms with Crippen LogP contribution < -0.4 is 20.5 Å². The van der Waals surface area contributed by atoms with Gasteiger partial charge in [0.15, 0.2) is 11.3 Å². The summed E-state index contributed by atoms with van der Waals surface area (Å²) in [6.07, 6.45) is 7.91. The fraction of sp³-hybridized carbons (Fsp3) is 0.240. The third kappa shape index (κ3) is 8.77. The number of carbonyl (C=O) groups excluding carboxylic acids is 2. The predicted molar refractivity (Wildman–Crippen MR) is 252 cm³/mol. The largest absolute Gasteiger partial charge is 0.457 e. The molecule has 66 heavy (non-hydrogen) atoms. The Bertz CT molecular complexity index is 3010. The van der Waals surface area contributed by atoms with Gasteiger partial charge in [-0.15, -0.1) is 0 Å². The number of likely N-dealkylation sites (tertiary alicyclic amines) is 2. The molecular formula is C50H48N12O4. The number of carbonyl (C=O) groups is 2. The number of para-hydroxylation sites is 2. The van der Waals surface area contributed by atoms with E-state index < -0.39 is 0 Å². The number of nitrogens with zero attached hydrogens (tertiary/aromatic N) is 10. The molecular weight excluding hydrogens is 833 g/mol.